The van der Waals surface area contributed by atoms with Gasteiger partial charge in [-0.2, -0.15) is 0 Å². The molecule has 0 aromatic heterocycles. The summed E-state index contributed by atoms with van der Waals surface area (Å²) in [5.41, 5.74) is 1.60. The quantitative estimate of drug-likeness (QED) is 0.451. The van der Waals surface area contributed by atoms with E-state index in [2.05, 4.69) is 22.6 Å². The summed E-state index contributed by atoms with van der Waals surface area (Å²) >= 11 is 2.22. The minimum atomic E-state index is -0.0127. The topological polar surface area (TPSA) is 35.5 Å². The molecule has 0 radical (unpaired) electrons. The zero-order valence-electron chi connectivity index (χ0n) is 11.2. The summed E-state index contributed by atoms with van der Waals surface area (Å²) in [4.78, 5) is 12.1. The van der Waals surface area contributed by atoms with Gasteiger partial charge in [-0.25, -0.2) is 0 Å². The number of rotatable bonds is 3. The lowest BCUT2D eigenvalue weighted by molar-refractivity contribution is 0.104. The molecule has 0 bridgehead atoms. The van der Waals surface area contributed by atoms with Crippen molar-refractivity contribution in [1.82, 2.24) is 0 Å². The Morgan fingerprint density at radius 2 is 1.71 bits per heavy atom. The Hall–Kier alpha value is -1.82. The molecule has 1 aliphatic heterocycles. The number of benzene rings is 2. The van der Waals surface area contributed by atoms with Gasteiger partial charge >= 0.3 is 0 Å². The monoisotopic (exact) mass is 392 g/mol. The predicted octanol–water partition coefficient (Wildman–Crippen LogP) is 3.96. The van der Waals surface area contributed by atoms with Crippen molar-refractivity contribution in [2.75, 3.05) is 13.2 Å². The Bertz CT molecular complexity index is 690. The van der Waals surface area contributed by atoms with Crippen LogP contribution in [-0.4, -0.2) is 19.0 Å². The van der Waals surface area contributed by atoms with Gasteiger partial charge in [0.2, 0.25) is 0 Å². The second-order valence-corrected chi connectivity index (χ2v) is 5.85. The molecule has 21 heavy (non-hydrogen) atoms. The largest absolute Gasteiger partial charge is 0.486 e. The highest BCUT2D eigenvalue weighted by atomic mass is 127. The normalized spacial score (nSPS) is 13.4. The van der Waals surface area contributed by atoms with Crippen LogP contribution in [0, 0.1) is 3.57 Å². The Morgan fingerprint density at radius 3 is 2.48 bits per heavy atom. The van der Waals surface area contributed by atoms with Crippen molar-refractivity contribution in [3.63, 3.8) is 0 Å². The van der Waals surface area contributed by atoms with Crippen molar-refractivity contribution in [1.29, 1.82) is 0 Å². The molecule has 1 heterocycles. The predicted molar refractivity (Wildman–Crippen MR) is 90.0 cm³/mol. The number of carbonyl (C=O) groups excluding carboxylic acids is 1. The molecule has 106 valence electrons. The highest BCUT2D eigenvalue weighted by Gasteiger charge is 2.10. The highest BCUT2D eigenvalue weighted by Crippen LogP contribution is 2.31. The average molecular weight is 392 g/mol. The first-order chi connectivity index (χ1) is 10.2. The van der Waals surface area contributed by atoms with E-state index in [1.165, 1.54) is 0 Å². The molecule has 1 aliphatic rings. The summed E-state index contributed by atoms with van der Waals surface area (Å²) in [6.07, 6.45) is 3.37. The lowest BCUT2D eigenvalue weighted by atomic mass is 10.1. The standard InChI is InChI=1S/C17H13IO3/c18-14-5-3-13(4-6-14)15(19)7-1-12-2-8-16-17(11-12)21-10-9-20-16/h1-8,11H,9-10H2/b7-1+. The molecular formula is C17H13IO3. The van der Waals surface area contributed by atoms with Gasteiger partial charge in [-0.3, -0.25) is 4.79 Å². The number of hydrogen-bond acceptors (Lipinski definition) is 3. The first-order valence-corrected chi connectivity index (χ1v) is 7.68. The molecule has 4 heteroatoms. The van der Waals surface area contributed by atoms with E-state index in [0.717, 1.165) is 20.6 Å². The van der Waals surface area contributed by atoms with Gasteiger partial charge in [0.1, 0.15) is 13.2 Å². The van der Waals surface area contributed by atoms with Crippen LogP contribution in [0.25, 0.3) is 6.08 Å². The summed E-state index contributed by atoms with van der Waals surface area (Å²) in [6, 6.07) is 13.2. The van der Waals surface area contributed by atoms with Crippen LogP contribution < -0.4 is 9.47 Å². The molecule has 0 spiro atoms. The number of halogens is 1. The number of ether oxygens (including phenoxy) is 2. The molecule has 0 saturated heterocycles. The van der Waals surface area contributed by atoms with E-state index in [1.54, 1.807) is 12.2 Å². The van der Waals surface area contributed by atoms with E-state index in [0.29, 0.717) is 18.8 Å². The second kappa shape index (κ2) is 6.30. The molecule has 0 atom stereocenters. The lowest BCUT2D eigenvalue weighted by Gasteiger charge is -2.18. The lowest BCUT2D eigenvalue weighted by Crippen LogP contribution is -2.15. The molecule has 0 aliphatic carbocycles. The van der Waals surface area contributed by atoms with Crippen molar-refractivity contribution in [2.24, 2.45) is 0 Å². The van der Waals surface area contributed by atoms with Gasteiger partial charge in [0.15, 0.2) is 17.3 Å². The molecule has 3 nitrogen and oxygen atoms in total. The third-order valence-electron chi connectivity index (χ3n) is 3.12. The summed E-state index contributed by atoms with van der Waals surface area (Å²) in [5.74, 6) is 1.47. The van der Waals surface area contributed by atoms with Crippen molar-refractivity contribution in [3.8, 4) is 11.5 Å². The minimum absolute atomic E-state index is 0.0127. The third-order valence-corrected chi connectivity index (χ3v) is 3.84. The fourth-order valence-corrected chi connectivity index (χ4v) is 2.41. The Kier molecular flexibility index (Phi) is 4.24. The molecule has 0 fully saturated rings. The first-order valence-electron chi connectivity index (χ1n) is 6.60. The maximum atomic E-state index is 12.1. The third kappa shape index (κ3) is 3.44. The molecule has 0 unspecified atom stereocenters. The maximum Gasteiger partial charge on any atom is 0.185 e. The average Bonchev–Trinajstić information content (AvgIpc) is 2.53. The first kappa shape index (κ1) is 14.1. The zero-order valence-corrected chi connectivity index (χ0v) is 13.4. The van der Waals surface area contributed by atoms with Crippen molar-refractivity contribution < 1.29 is 14.3 Å². The Morgan fingerprint density at radius 1 is 1.00 bits per heavy atom. The number of hydrogen-bond donors (Lipinski definition) is 0. The van der Waals surface area contributed by atoms with E-state index in [9.17, 15) is 4.79 Å². The molecule has 0 amide bonds. The SMILES string of the molecule is O=C(/C=C/c1ccc2c(c1)OCCO2)c1ccc(I)cc1. The molecule has 3 rings (SSSR count). The van der Waals surface area contributed by atoms with Gasteiger partial charge in [-0.15, -0.1) is 0 Å². The van der Waals surface area contributed by atoms with Crippen LogP contribution in [0.4, 0.5) is 0 Å². The van der Waals surface area contributed by atoms with Crippen LogP contribution in [0.1, 0.15) is 15.9 Å². The summed E-state index contributed by atoms with van der Waals surface area (Å²) in [5, 5.41) is 0. The molecule has 0 N–H and O–H groups in total. The van der Waals surface area contributed by atoms with Gasteiger partial charge < -0.3 is 9.47 Å². The van der Waals surface area contributed by atoms with Crippen LogP contribution in [0.5, 0.6) is 11.5 Å². The van der Waals surface area contributed by atoms with Gasteiger partial charge in [-0.1, -0.05) is 24.3 Å². The molecular weight excluding hydrogens is 379 g/mol. The van der Waals surface area contributed by atoms with E-state index >= 15 is 0 Å². The number of ketones is 1. The van der Waals surface area contributed by atoms with E-state index in [4.69, 9.17) is 9.47 Å². The van der Waals surface area contributed by atoms with Crippen molar-refractivity contribution in [2.45, 2.75) is 0 Å². The van der Waals surface area contributed by atoms with Crippen LogP contribution in [0.3, 0.4) is 0 Å². The summed E-state index contributed by atoms with van der Waals surface area (Å²) in [7, 11) is 0. The number of fused-ring (bicyclic) bond motifs is 1. The second-order valence-electron chi connectivity index (χ2n) is 4.61. The van der Waals surface area contributed by atoms with Gasteiger partial charge in [0, 0.05) is 9.13 Å². The fraction of sp³-hybridized carbons (Fsp3) is 0.118. The molecule has 0 saturated carbocycles. The number of allylic oxidation sites excluding steroid dienone is 1. The Labute approximate surface area is 136 Å². The fourth-order valence-electron chi connectivity index (χ4n) is 2.05. The van der Waals surface area contributed by atoms with Gasteiger partial charge in [0.05, 0.1) is 0 Å². The number of carbonyl (C=O) groups is 1. The van der Waals surface area contributed by atoms with E-state index < -0.39 is 0 Å². The smallest absolute Gasteiger partial charge is 0.185 e. The van der Waals surface area contributed by atoms with Gasteiger partial charge in [-0.05, 0) is 58.5 Å². The van der Waals surface area contributed by atoms with Crippen LogP contribution >= 0.6 is 22.6 Å². The minimum Gasteiger partial charge on any atom is -0.486 e. The van der Waals surface area contributed by atoms with Gasteiger partial charge in [0.25, 0.3) is 0 Å². The Balaban J connectivity index is 1.76. The highest BCUT2D eigenvalue weighted by molar-refractivity contribution is 14.1. The zero-order chi connectivity index (χ0) is 14.7. The maximum absolute atomic E-state index is 12.1. The van der Waals surface area contributed by atoms with E-state index in [1.807, 2.05) is 42.5 Å². The van der Waals surface area contributed by atoms with Crippen molar-refractivity contribution in [3.05, 3.63) is 63.2 Å². The summed E-state index contributed by atoms with van der Waals surface area (Å²) in [6.45, 7) is 1.13. The van der Waals surface area contributed by atoms with Crippen LogP contribution in [0.2, 0.25) is 0 Å². The van der Waals surface area contributed by atoms with E-state index in [-0.39, 0.29) is 5.78 Å². The van der Waals surface area contributed by atoms with Crippen LogP contribution in [0.15, 0.2) is 48.5 Å². The molecule has 2 aromatic rings. The van der Waals surface area contributed by atoms with Crippen molar-refractivity contribution >= 4 is 34.5 Å². The molecule has 2 aromatic carbocycles. The van der Waals surface area contributed by atoms with Crippen LogP contribution in [-0.2, 0) is 0 Å². The summed E-state index contributed by atoms with van der Waals surface area (Å²) < 4.78 is 12.1.